The van der Waals surface area contributed by atoms with Crippen molar-refractivity contribution in [3.8, 4) is 11.3 Å². The highest BCUT2D eigenvalue weighted by molar-refractivity contribution is 9.10. The van der Waals surface area contributed by atoms with Gasteiger partial charge in [-0.15, -0.1) is 5.10 Å². The largest absolute Gasteiger partial charge is 0.354 e. The Morgan fingerprint density at radius 3 is 2.53 bits per heavy atom. The van der Waals surface area contributed by atoms with Gasteiger partial charge in [0.15, 0.2) is 5.17 Å². The molecule has 1 aliphatic rings. The Morgan fingerprint density at radius 1 is 0.969 bits per heavy atom. The average molecular weight is 503 g/mol. The van der Waals surface area contributed by atoms with Gasteiger partial charge >= 0.3 is 0 Å². The highest BCUT2D eigenvalue weighted by atomic mass is 79.9. The van der Waals surface area contributed by atoms with Crippen molar-refractivity contribution >= 4 is 55.9 Å². The van der Waals surface area contributed by atoms with Crippen molar-refractivity contribution in [3.05, 3.63) is 94.5 Å². The molecule has 5 nitrogen and oxygen atoms in total. The molecule has 1 saturated heterocycles. The molecule has 0 radical (unpaired) electrons. The first-order valence-electron chi connectivity index (χ1n) is 10.2. The van der Waals surface area contributed by atoms with Crippen LogP contribution in [0.15, 0.2) is 93.5 Å². The molecule has 4 aromatic rings. The van der Waals surface area contributed by atoms with E-state index >= 15 is 0 Å². The molecule has 2 N–H and O–H groups in total. The molecule has 158 valence electrons. The molecule has 1 aromatic heterocycles. The lowest BCUT2D eigenvalue weighted by Crippen LogP contribution is -2.25. The van der Waals surface area contributed by atoms with Crippen LogP contribution in [0.2, 0.25) is 0 Å². The summed E-state index contributed by atoms with van der Waals surface area (Å²) in [5, 5.41) is 12.8. The van der Waals surface area contributed by atoms with Gasteiger partial charge in [0.2, 0.25) is 5.91 Å². The molecule has 0 saturated carbocycles. The number of hydrogen-bond donors (Lipinski definition) is 2. The van der Waals surface area contributed by atoms with E-state index in [1.165, 1.54) is 11.8 Å². The third kappa shape index (κ3) is 4.40. The Hall–Kier alpha value is -3.16. The summed E-state index contributed by atoms with van der Waals surface area (Å²) in [6.45, 7) is 0. The number of nitrogens with zero attached hydrogens (tertiary/aromatic N) is 2. The number of amidine groups is 1. The molecule has 0 spiro atoms. The fourth-order valence-corrected chi connectivity index (χ4v) is 4.92. The normalized spacial score (nSPS) is 17.5. The zero-order valence-electron chi connectivity index (χ0n) is 17.0. The molecule has 5 rings (SSSR count). The van der Waals surface area contributed by atoms with Crippen molar-refractivity contribution in [2.45, 2.75) is 11.7 Å². The first-order chi connectivity index (χ1) is 15.7. The first kappa shape index (κ1) is 20.7. The Kier molecular flexibility index (Phi) is 5.92. The fourth-order valence-electron chi connectivity index (χ4n) is 3.69. The second-order valence-corrected chi connectivity index (χ2v) is 9.51. The number of carbonyl (C=O) groups excluding carboxylic acids is 1. The molecule has 1 amide bonds. The molecular formula is C25H19BrN4OS. The van der Waals surface area contributed by atoms with Gasteiger partial charge in [-0.3, -0.25) is 4.79 Å². The summed E-state index contributed by atoms with van der Waals surface area (Å²) in [6.07, 6.45) is 2.40. The number of hydrogen-bond acceptors (Lipinski definition) is 4. The quantitative estimate of drug-likeness (QED) is 0.269. The van der Waals surface area contributed by atoms with Crippen LogP contribution in [-0.4, -0.2) is 27.5 Å². The monoisotopic (exact) mass is 502 g/mol. The van der Waals surface area contributed by atoms with E-state index in [1.54, 1.807) is 6.21 Å². The van der Waals surface area contributed by atoms with Crippen molar-refractivity contribution in [1.29, 1.82) is 0 Å². The number of rotatable bonds is 5. The average Bonchev–Trinajstić information content (AvgIpc) is 3.36. The SMILES string of the molecule is O=C1N/C(=N\N=C\c2c(-c3ccccc3)[nH]c3ccccc23)SC1Cc1ccc(Br)cc1. The number of benzene rings is 3. The van der Waals surface area contributed by atoms with Gasteiger partial charge in [-0.1, -0.05) is 88.4 Å². The predicted molar refractivity (Wildman–Crippen MR) is 136 cm³/mol. The molecule has 7 heteroatoms. The van der Waals surface area contributed by atoms with E-state index < -0.39 is 0 Å². The maximum atomic E-state index is 12.4. The number of fused-ring (bicyclic) bond motifs is 1. The number of amides is 1. The van der Waals surface area contributed by atoms with Crippen molar-refractivity contribution in [3.63, 3.8) is 0 Å². The molecule has 1 aliphatic heterocycles. The Labute approximate surface area is 198 Å². The standard InChI is InChI=1S/C25H19BrN4OS/c26-18-12-10-16(11-13-18)14-22-24(31)29-25(32-22)30-27-15-20-19-8-4-5-9-21(19)28-23(20)17-6-2-1-3-7-17/h1-13,15,22,28H,14H2,(H,29,30,31)/b27-15+. The minimum Gasteiger partial charge on any atom is -0.354 e. The lowest BCUT2D eigenvalue weighted by Gasteiger charge is -2.05. The van der Waals surface area contributed by atoms with Crippen LogP contribution >= 0.6 is 27.7 Å². The minimum atomic E-state index is -0.210. The molecule has 0 bridgehead atoms. The van der Waals surface area contributed by atoms with Gasteiger partial charge in [-0.05, 0) is 35.7 Å². The number of halogens is 1. The Bertz CT molecular complexity index is 1330. The number of nitrogens with one attached hydrogen (secondary N) is 2. The van der Waals surface area contributed by atoms with Crippen LogP contribution in [0.3, 0.4) is 0 Å². The molecular weight excluding hydrogens is 484 g/mol. The molecule has 2 heterocycles. The Morgan fingerprint density at radius 2 is 1.72 bits per heavy atom. The number of aromatic nitrogens is 1. The molecule has 1 fully saturated rings. The van der Waals surface area contributed by atoms with E-state index in [0.717, 1.165) is 37.8 Å². The fraction of sp³-hybridized carbons (Fsp3) is 0.0800. The topological polar surface area (TPSA) is 69.6 Å². The lowest BCUT2D eigenvalue weighted by atomic mass is 10.1. The second-order valence-electron chi connectivity index (χ2n) is 7.40. The summed E-state index contributed by atoms with van der Waals surface area (Å²) in [5.41, 5.74) is 5.19. The van der Waals surface area contributed by atoms with Crippen molar-refractivity contribution < 1.29 is 4.79 Å². The van der Waals surface area contributed by atoms with Gasteiger partial charge in [0, 0.05) is 20.9 Å². The summed E-state index contributed by atoms with van der Waals surface area (Å²) >= 11 is 4.85. The van der Waals surface area contributed by atoms with Gasteiger partial charge in [0.05, 0.1) is 17.2 Å². The molecule has 1 unspecified atom stereocenters. The van der Waals surface area contributed by atoms with E-state index in [9.17, 15) is 4.79 Å². The van der Waals surface area contributed by atoms with E-state index in [1.807, 2.05) is 60.7 Å². The Balaban J connectivity index is 1.38. The lowest BCUT2D eigenvalue weighted by molar-refractivity contribution is -0.118. The van der Waals surface area contributed by atoms with Crippen molar-refractivity contribution in [2.24, 2.45) is 10.2 Å². The van der Waals surface area contributed by atoms with Crippen LogP contribution in [0.25, 0.3) is 22.2 Å². The van der Waals surface area contributed by atoms with Gasteiger partial charge in [-0.25, -0.2) is 0 Å². The number of aromatic amines is 1. The maximum absolute atomic E-state index is 12.4. The molecule has 3 aromatic carbocycles. The van der Waals surface area contributed by atoms with Crippen LogP contribution in [0.1, 0.15) is 11.1 Å². The van der Waals surface area contributed by atoms with E-state index in [-0.39, 0.29) is 11.2 Å². The minimum absolute atomic E-state index is 0.0380. The van der Waals surface area contributed by atoms with Crippen LogP contribution in [0, 0.1) is 0 Å². The highest BCUT2D eigenvalue weighted by Gasteiger charge is 2.30. The zero-order valence-corrected chi connectivity index (χ0v) is 19.4. The number of thioether (sulfide) groups is 1. The summed E-state index contributed by atoms with van der Waals surface area (Å²) < 4.78 is 1.02. The molecule has 32 heavy (non-hydrogen) atoms. The summed E-state index contributed by atoms with van der Waals surface area (Å²) in [6, 6.07) is 26.3. The zero-order chi connectivity index (χ0) is 21.9. The van der Waals surface area contributed by atoms with Gasteiger partial charge in [0.25, 0.3) is 0 Å². The predicted octanol–water partition coefficient (Wildman–Crippen LogP) is 5.76. The second kappa shape index (κ2) is 9.14. The van der Waals surface area contributed by atoms with Crippen LogP contribution in [0.5, 0.6) is 0 Å². The van der Waals surface area contributed by atoms with Gasteiger partial charge in [0.1, 0.15) is 0 Å². The third-order valence-electron chi connectivity index (χ3n) is 5.25. The van der Waals surface area contributed by atoms with E-state index in [2.05, 4.69) is 54.6 Å². The maximum Gasteiger partial charge on any atom is 0.239 e. The van der Waals surface area contributed by atoms with Crippen LogP contribution < -0.4 is 5.32 Å². The van der Waals surface area contributed by atoms with Crippen LogP contribution in [-0.2, 0) is 11.2 Å². The van der Waals surface area contributed by atoms with Crippen molar-refractivity contribution in [1.82, 2.24) is 10.3 Å². The van der Waals surface area contributed by atoms with Gasteiger partial charge in [-0.2, -0.15) is 5.10 Å². The van der Waals surface area contributed by atoms with Crippen LogP contribution in [0.4, 0.5) is 0 Å². The first-order valence-corrected chi connectivity index (χ1v) is 11.8. The molecule has 0 aliphatic carbocycles. The summed E-state index contributed by atoms with van der Waals surface area (Å²) in [5.74, 6) is -0.0380. The van der Waals surface area contributed by atoms with Gasteiger partial charge < -0.3 is 10.3 Å². The summed E-state index contributed by atoms with van der Waals surface area (Å²) in [7, 11) is 0. The van der Waals surface area contributed by atoms with E-state index in [4.69, 9.17) is 0 Å². The van der Waals surface area contributed by atoms with Crippen molar-refractivity contribution in [2.75, 3.05) is 0 Å². The third-order valence-corrected chi connectivity index (χ3v) is 6.86. The number of H-pyrrole nitrogens is 1. The highest BCUT2D eigenvalue weighted by Crippen LogP contribution is 2.29. The number of carbonyl (C=O) groups is 1. The smallest absolute Gasteiger partial charge is 0.239 e. The molecule has 1 atom stereocenters. The van der Waals surface area contributed by atoms with E-state index in [0.29, 0.717) is 11.6 Å². The number of para-hydroxylation sites is 1. The summed E-state index contributed by atoms with van der Waals surface area (Å²) in [4.78, 5) is 15.9.